The summed E-state index contributed by atoms with van der Waals surface area (Å²) in [6.45, 7) is 6.42. The molecule has 1 spiro atoms. The van der Waals surface area contributed by atoms with Gasteiger partial charge in [-0.25, -0.2) is 9.78 Å². The fourth-order valence-electron chi connectivity index (χ4n) is 5.32. The van der Waals surface area contributed by atoms with Gasteiger partial charge in [-0.15, -0.1) is 11.8 Å². The normalized spacial score (nSPS) is 51.6. The summed E-state index contributed by atoms with van der Waals surface area (Å²) in [5.74, 6) is 0.510. The van der Waals surface area contributed by atoms with E-state index in [1.807, 2.05) is 6.92 Å². The highest BCUT2D eigenvalue weighted by Gasteiger charge is 2.69. The van der Waals surface area contributed by atoms with Crippen LogP contribution >= 0.6 is 11.8 Å². The molecule has 0 aromatic rings. The van der Waals surface area contributed by atoms with Crippen LogP contribution in [0.2, 0.25) is 0 Å². The van der Waals surface area contributed by atoms with Gasteiger partial charge in [-0.2, -0.15) is 0 Å². The Balaban J connectivity index is 1.62. The molecule has 0 amide bonds. The minimum absolute atomic E-state index is 0.0689. The Morgan fingerprint density at radius 3 is 2.76 bits per heavy atom. The van der Waals surface area contributed by atoms with Gasteiger partial charge in [0.1, 0.15) is 5.44 Å². The Morgan fingerprint density at radius 1 is 1.20 bits per heavy atom. The highest BCUT2D eigenvalue weighted by molar-refractivity contribution is 7.99. The molecule has 0 aromatic carbocycles. The highest BCUT2D eigenvalue weighted by Crippen LogP contribution is 2.61. The molecule has 4 aliphatic heterocycles. The Hall–Kier alpha value is -0.340. The van der Waals surface area contributed by atoms with Crippen molar-refractivity contribution in [3.05, 3.63) is 0 Å². The Kier molecular flexibility index (Phi) is 4.60. The maximum Gasteiger partial charge on any atom is 0.304 e. The maximum atomic E-state index is 10.8. The summed E-state index contributed by atoms with van der Waals surface area (Å²) in [5, 5.41) is 8.91. The lowest BCUT2D eigenvalue weighted by atomic mass is 9.58. The van der Waals surface area contributed by atoms with E-state index in [1.54, 1.807) is 11.8 Å². The number of rotatable bonds is 4. The van der Waals surface area contributed by atoms with Gasteiger partial charge in [0, 0.05) is 18.1 Å². The molecule has 25 heavy (non-hydrogen) atoms. The number of hydrogen-bond acceptors (Lipinski definition) is 6. The van der Waals surface area contributed by atoms with Crippen LogP contribution in [0.5, 0.6) is 0 Å². The van der Waals surface area contributed by atoms with Crippen molar-refractivity contribution < 1.29 is 29.1 Å². The van der Waals surface area contributed by atoms with E-state index in [1.165, 1.54) is 6.42 Å². The summed E-state index contributed by atoms with van der Waals surface area (Å²) < 4.78 is 12.7. The molecule has 1 N–H and O–H groups in total. The van der Waals surface area contributed by atoms with Crippen molar-refractivity contribution in [1.82, 2.24) is 0 Å². The summed E-state index contributed by atoms with van der Waals surface area (Å²) in [6, 6.07) is 0. The monoisotopic (exact) mass is 372 g/mol. The van der Waals surface area contributed by atoms with Crippen molar-refractivity contribution >= 4 is 17.7 Å². The van der Waals surface area contributed by atoms with Gasteiger partial charge < -0.3 is 14.6 Å². The summed E-state index contributed by atoms with van der Waals surface area (Å²) in [6.07, 6.45) is 3.79. The van der Waals surface area contributed by atoms with E-state index in [-0.39, 0.29) is 17.8 Å². The van der Waals surface area contributed by atoms with Gasteiger partial charge in [0.25, 0.3) is 0 Å². The van der Waals surface area contributed by atoms with Crippen LogP contribution in [0, 0.1) is 23.7 Å². The van der Waals surface area contributed by atoms with E-state index in [0.29, 0.717) is 23.5 Å². The van der Waals surface area contributed by atoms with Crippen molar-refractivity contribution in [1.29, 1.82) is 0 Å². The van der Waals surface area contributed by atoms with Gasteiger partial charge in [0.15, 0.2) is 11.9 Å². The van der Waals surface area contributed by atoms with Crippen LogP contribution in [0.4, 0.5) is 0 Å². The molecule has 2 bridgehead atoms. The third-order valence-corrected chi connectivity index (χ3v) is 8.00. The SMILES string of the molecule is C[C@H]1[C@H](SCCC(=O)O)O[C@@H]2O[C@]3(C)CC[C@H]4[C@H](C)CC[C@@H]1[C@@]24OO3. The van der Waals surface area contributed by atoms with Crippen LogP contribution in [0.3, 0.4) is 0 Å². The third-order valence-electron chi connectivity index (χ3n) is 6.70. The van der Waals surface area contributed by atoms with Crippen LogP contribution < -0.4 is 0 Å². The molecule has 1 aliphatic carbocycles. The number of aliphatic carboxylic acids is 1. The molecule has 4 heterocycles. The Labute approximate surface area is 152 Å². The summed E-state index contributed by atoms with van der Waals surface area (Å²) in [5.41, 5.74) is -0.600. The Morgan fingerprint density at radius 2 is 2.00 bits per heavy atom. The fraction of sp³-hybridized carbons (Fsp3) is 0.944. The van der Waals surface area contributed by atoms with Crippen molar-refractivity contribution in [3.63, 3.8) is 0 Å². The number of carboxylic acids is 1. The first kappa shape index (κ1) is 18.0. The predicted octanol–water partition coefficient (Wildman–Crippen LogP) is 3.40. The molecule has 5 fully saturated rings. The molecule has 1 saturated carbocycles. The van der Waals surface area contributed by atoms with E-state index in [9.17, 15) is 4.79 Å². The second-order valence-corrected chi connectivity index (χ2v) is 9.49. The molecule has 6 nitrogen and oxygen atoms in total. The van der Waals surface area contributed by atoms with Crippen LogP contribution in [0.15, 0.2) is 0 Å². The van der Waals surface area contributed by atoms with E-state index >= 15 is 0 Å². The first-order valence-corrected chi connectivity index (χ1v) is 10.4. The second-order valence-electron chi connectivity index (χ2n) is 8.29. The lowest BCUT2D eigenvalue weighted by Crippen LogP contribution is -2.70. The molecule has 8 atom stereocenters. The second kappa shape index (κ2) is 6.37. The van der Waals surface area contributed by atoms with E-state index in [4.69, 9.17) is 24.4 Å². The summed E-state index contributed by atoms with van der Waals surface area (Å²) >= 11 is 1.59. The largest absolute Gasteiger partial charge is 0.481 e. The lowest BCUT2D eigenvalue weighted by Gasteiger charge is -2.60. The number of ether oxygens (including phenoxy) is 2. The average molecular weight is 372 g/mol. The lowest BCUT2D eigenvalue weighted by molar-refractivity contribution is -0.568. The van der Waals surface area contributed by atoms with Crippen LogP contribution in [0.1, 0.15) is 52.9 Å². The van der Waals surface area contributed by atoms with Gasteiger partial charge in [0.2, 0.25) is 5.79 Å². The maximum absolute atomic E-state index is 10.8. The topological polar surface area (TPSA) is 74.2 Å². The zero-order valence-corrected chi connectivity index (χ0v) is 15.9. The van der Waals surface area contributed by atoms with Crippen LogP contribution in [-0.4, -0.2) is 39.9 Å². The molecule has 0 radical (unpaired) electrons. The van der Waals surface area contributed by atoms with E-state index < -0.39 is 23.6 Å². The van der Waals surface area contributed by atoms with Crippen LogP contribution in [-0.2, 0) is 24.0 Å². The zero-order chi connectivity index (χ0) is 17.8. The molecule has 0 unspecified atom stereocenters. The molecule has 4 saturated heterocycles. The number of hydrogen-bond donors (Lipinski definition) is 1. The van der Waals surface area contributed by atoms with Crippen LogP contribution in [0.25, 0.3) is 0 Å². The number of fused-ring (bicyclic) bond motifs is 2. The predicted molar refractivity (Wildman–Crippen MR) is 91.5 cm³/mol. The molecule has 7 heteroatoms. The van der Waals surface area contributed by atoms with Gasteiger partial charge in [0.05, 0.1) is 6.42 Å². The molecule has 0 aromatic heterocycles. The standard InChI is InChI=1S/C18H28O6S/c1-10-4-5-13-11(2)15(25-9-7-14(19)20)21-16-18(13)12(10)6-8-17(3,22-16)23-24-18/h10-13,15-16H,4-9H2,1-3H3,(H,19,20)/t10-,11-,12+,13+,15+,16-,17+,18-/m1/s1. The van der Waals surface area contributed by atoms with Crippen molar-refractivity contribution in [3.8, 4) is 0 Å². The molecule has 142 valence electrons. The van der Waals surface area contributed by atoms with Gasteiger partial charge in [-0.1, -0.05) is 13.8 Å². The minimum atomic E-state index is -0.770. The first-order valence-electron chi connectivity index (χ1n) is 9.39. The van der Waals surface area contributed by atoms with Crippen molar-refractivity contribution in [2.75, 3.05) is 5.75 Å². The summed E-state index contributed by atoms with van der Waals surface area (Å²) in [4.78, 5) is 22.7. The molecule has 5 rings (SSSR count). The molecular weight excluding hydrogens is 344 g/mol. The minimum Gasteiger partial charge on any atom is -0.481 e. The first-order chi connectivity index (χ1) is 11.9. The Bertz CT molecular complexity index is 544. The number of carboxylic acid groups (broad SMARTS) is 1. The van der Waals surface area contributed by atoms with Gasteiger partial charge >= 0.3 is 5.97 Å². The molecule has 5 aliphatic rings. The van der Waals surface area contributed by atoms with E-state index in [0.717, 1.165) is 19.3 Å². The summed E-state index contributed by atoms with van der Waals surface area (Å²) in [7, 11) is 0. The number of thioether (sulfide) groups is 1. The van der Waals surface area contributed by atoms with Crippen molar-refractivity contribution in [2.24, 2.45) is 23.7 Å². The third kappa shape index (κ3) is 2.83. The van der Waals surface area contributed by atoms with Gasteiger partial charge in [-0.05, 0) is 43.9 Å². The highest BCUT2D eigenvalue weighted by atomic mass is 32.2. The zero-order valence-electron chi connectivity index (χ0n) is 15.1. The van der Waals surface area contributed by atoms with E-state index in [2.05, 4.69) is 13.8 Å². The van der Waals surface area contributed by atoms with Crippen molar-refractivity contribution in [2.45, 2.75) is 76.0 Å². The smallest absolute Gasteiger partial charge is 0.304 e. The molecular formula is C18H28O6S. The quantitative estimate of drug-likeness (QED) is 0.758. The number of carbonyl (C=O) groups is 1. The van der Waals surface area contributed by atoms with Gasteiger partial charge in [-0.3, -0.25) is 4.79 Å². The average Bonchev–Trinajstić information content (AvgIpc) is 2.78. The fourth-order valence-corrected chi connectivity index (χ4v) is 6.52.